The monoisotopic (exact) mass is 492 g/mol. The quantitative estimate of drug-likeness (QED) is 0.273. The van der Waals surface area contributed by atoms with Gasteiger partial charge in [0.1, 0.15) is 12.2 Å². The number of benzene rings is 1. The van der Waals surface area contributed by atoms with Gasteiger partial charge < -0.3 is 4.98 Å². The van der Waals surface area contributed by atoms with Gasteiger partial charge in [-0.2, -0.15) is 0 Å². The van der Waals surface area contributed by atoms with E-state index in [1.807, 2.05) is 22.8 Å². The van der Waals surface area contributed by atoms with Crippen molar-refractivity contribution in [1.29, 1.82) is 0 Å². The van der Waals surface area contributed by atoms with Crippen LogP contribution in [-0.2, 0) is 13.0 Å². The first-order chi connectivity index (χ1) is 15.7. The Hall–Kier alpha value is -3.40. The van der Waals surface area contributed by atoms with Crippen LogP contribution < -0.4 is 5.56 Å². The SMILES string of the molecule is CCCCCn1c2nc(Br)[nH]c2c(=O)n2c(Cc3cccc(-c4cncnc4)c3)nnc12. The topological polar surface area (TPSA) is 107 Å². The van der Waals surface area contributed by atoms with Gasteiger partial charge in [0.15, 0.2) is 15.9 Å². The predicted octanol–water partition coefficient (Wildman–Crippen LogP) is 3.77. The molecule has 162 valence electrons. The molecule has 5 aromatic rings. The van der Waals surface area contributed by atoms with Gasteiger partial charge in [-0.1, -0.05) is 44.0 Å². The van der Waals surface area contributed by atoms with E-state index in [-0.39, 0.29) is 5.56 Å². The number of unbranched alkanes of at least 4 members (excludes halogenated alkanes) is 2. The zero-order valence-corrected chi connectivity index (χ0v) is 19.1. The third-order valence-corrected chi connectivity index (χ3v) is 5.83. The highest BCUT2D eigenvalue weighted by molar-refractivity contribution is 9.10. The molecule has 0 saturated heterocycles. The zero-order chi connectivity index (χ0) is 22.1. The minimum absolute atomic E-state index is 0.201. The average Bonchev–Trinajstić information content (AvgIpc) is 3.41. The second kappa shape index (κ2) is 8.62. The Balaban J connectivity index is 1.59. The Kier molecular flexibility index (Phi) is 5.52. The van der Waals surface area contributed by atoms with Gasteiger partial charge in [0.2, 0.25) is 5.78 Å². The molecule has 1 N–H and O–H groups in total. The minimum atomic E-state index is -0.201. The molecule has 0 aliphatic rings. The van der Waals surface area contributed by atoms with Crippen LogP contribution in [0.2, 0.25) is 0 Å². The van der Waals surface area contributed by atoms with Gasteiger partial charge in [-0.25, -0.2) is 19.4 Å². The Morgan fingerprint density at radius 1 is 1.09 bits per heavy atom. The first-order valence-corrected chi connectivity index (χ1v) is 11.3. The van der Waals surface area contributed by atoms with E-state index in [0.29, 0.717) is 40.5 Å². The highest BCUT2D eigenvalue weighted by atomic mass is 79.9. The number of aromatic amines is 1. The number of nitrogens with zero attached hydrogens (tertiary/aromatic N) is 7. The zero-order valence-electron chi connectivity index (χ0n) is 17.5. The van der Waals surface area contributed by atoms with Crippen molar-refractivity contribution >= 4 is 32.9 Å². The average molecular weight is 493 g/mol. The maximum absolute atomic E-state index is 13.3. The summed E-state index contributed by atoms with van der Waals surface area (Å²) in [4.78, 5) is 29.0. The first-order valence-electron chi connectivity index (χ1n) is 10.5. The molecule has 4 heterocycles. The van der Waals surface area contributed by atoms with Gasteiger partial charge >= 0.3 is 0 Å². The molecule has 0 aliphatic heterocycles. The number of halogens is 1. The molecule has 0 fully saturated rings. The third-order valence-electron chi connectivity index (χ3n) is 5.45. The van der Waals surface area contributed by atoms with E-state index < -0.39 is 0 Å². The molecule has 32 heavy (non-hydrogen) atoms. The lowest BCUT2D eigenvalue weighted by Gasteiger charge is -2.09. The van der Waals surface area contributed by atoms with Crippen molar-refractivity contribution in [3.05, 3.63) is 69.5 Å². The summed E-state index contributed by atoms with van der Waals surface area (Å²) in [6, 6.07) is 8.06. The predicted molar refractivity (Wildman–Crippen MR) is 124 cm³/mol. The molecule has 0 atom stereocenters. The molecule has 0 amide bonds. The van der Waals surface area contributed by atoms with Crippen LogP contribution in [0.3, 0.4) is 0 Å². The lowest BCUT2D eigenvalue weighted by atomic mass is 10.0. The van der Waals surface area contributed by atoms with Gasteiger partial charge in [-0.05, 0) is 33.5 Å². The number of hydrogen-bond acceptors (Lipinski definition) is 6. The summed E-state index contributed by atoms with van der Waals surface area (Å²) >= 11 is 3.36. The van der Waals surface area contributed by atoms with Crippen LogP contribution in [0.1, 0.15) is 37.6 Å². The van der Waals surface area contributed by atoms with Crippen LogP contribution in [-0.4, -0.2) is 39.1 Å². The number of nitrogens with one attached hydrogen (secondary N) is 1. The molecule has 9 nitrogen and oxygen atoms in total. The molecule has 0 spiro atoms. The number of fused-ring (bicyclic) bond motifs is 2. The fourth-order valence-corrected chi connectivity index (χ4v) is 4.27. The molecule has 0 radical (unpaired) electrons. The Morgan fingerprint density at radius 2 is 1.94 bits per heavy atom. The van der Waals surface area contributed by atoms with Crippen molar-refractivity contribution in [2.45, 2.75) is 39.2 Å². The van der Waals surface area contributed by atoms with Crippen LogP contribution in [0.25, 0.3) is 28.1 Å². The smallest absolute Gasteiger partial charge is 0.286 e. The fourth-order valence-electron chi connectivity index (χ4n) is 3.91. The molecule has 4 aromatic heterocycles. The number of rotatable bonds is 7. The molecule has 1 aromatic carbocycles. The van der Waals surface area contributed by atoms with Crippen molar-refractivity contribution in [2.75, 3.05) is 0 Å². The summed E-state index contributed by atoms with van der Waals surface area (Å²) in [5.74, 6) is 1.10. The Bertz CT molecular complexity index is 1450. The van der Waals surface area contributed by atoms with Crippen molar-refractivity contribution < 1.29 is 0 Å². The molecule has 5 rings (SSSR count). The second-order valence-corrected chi connectivity index (χ2v) is 8.40. The van der Waals surface area contributed by atoms with Crippen molar-refractivity contribution in [3.8, 4) is 11.1 Å². The summed E-state index contributed by atoms with van der Waals surface area (Å²) in [6.07, 6.45) is 8.69. The second-order valence-electron chi connectivity index (χ2n) is 7.65. The van der Waals surface area contributed by atoms with Gasteiger partial charge in [0.05, 0.1) is 0 Å². The summed E-state index contributed by atoms with van der Waals surface area (Å²) in [5.41, 5.74) is 3.79. The molecule has 0 saturated carbocycles. The van der Waals surface area contributed by atoms with E-state index >= 15 is 0 Å². The van der Waals surface area contributed by atoms with Crippen LogP contribution >= 0.6 is 15.9 Å². The normalized spacial score (nSPS) is 11.6. The molecule has 0 unspecified atom stereocenters. The van der Waals surface area contributed by atoms with Gasteiger partial charge in [0.25, 0.3) is 5.56 Å². The van der Waals surface area contributed by atoms with E-state index in [4.69, 9.17) is 0 Å². The summed E-state index contributed by atoms with van der Waals surface area (Å²) < 4.78 is 4.09. The summed E-state index contributed by atoms with van der Waals surface area (Å²) in [7, 11) is 0. The van der Waals surface area contributed by atoms with Crippen molar-refractivity contribution in [3.63, 3.8) is 0 Å². The lowest BCUT2D eigenvalue weighted by Crippen LogP contribution is -2.21. The summed E-state index contributed by atoms with van der Waals surface area (Å²) in [5, 5.41) is 8.76. The van der Waals surface area contributed by atoms with Crippen LogP contribution in [0.15, 0.2) is 52.5 Å². The maximum Gasteiger partial charge on any atom is 0.286 e. The maximum atomic E-state index is 13.3. The molecular formula is C22H21BrN8O. The standard InChI is InChI=1S/C22H21BrN8O/c1-2-3-4-8-30-19-18(26-21(23)27-19)20(32)31-17(28-29-22(30)31)10-14-6-5-7-15(9-14)16-11-24-13-25-12-16/h5-7,9,11-13H,2-4,8,10H2,1H3,(H,26,27). The molecule has 0 aliphatic carbocycles. The molecule has 0 bridgehead atoms. The highest BCUT2D eigenvalue weighted by Gasteiger charge is 2.19. The molecular weight excluding hydrogens is 472 g/mol. The minimum Gasteiger partial charge on any atom is -0.327 e. The van der Waals surface area contributed by atoms with Crippen LogP contribution in [0.4, 0.5) is 0 Å². The van der Waals surface area contributed by atoms with Gasteiger partial charge in [-0.3, -0.25) is 9.36 Å². The number of aryl methyl sites for hydroxylation is 1. The number of aromatic nitrogens is 8. The third kappa shape index (κ3) is 3.70. The Labute approximate surface area is 191 Å². The van der Waals surface area contributed by atoms with Crippen molar-refractivity contribution in [1.82, 2.24) is 39.1 Å². The summed E-state index contributed by atoms with van der Waals surface area (Å²) in [6.45, 7) is 2.87. The lowest BCUT2D eigenvalue weighted by molar-refractivity contribution is 0.612. The largest absolute Gasteiger partial charge is 0.327 e. The molecule has 10 heteroatoms. The first kappa shape index (κ1) is 20.5. The van der Waals surface area contributed by atoms with Gasteiger partial charge in [0, 0.05) is 30.9 Å². The van der Waals surface area contributed by atoms with E-state index in [0.717, 1.165) is 36.0 Å². The van der Waals surface area contributed by atoms with Crippen molar-refractivity contribution in [2.24, 2.45) is 0 Å². The number of imidazole rings is 1. The van der Waals surface area contributed by atoms with E-state index in [9.17, 15) is 4.79 Å². The van der Waals surface area contributed by atoms with Gasteiger partial charge in [-0.15, -0.1) is 10.2 Å². The Morgan fingerprint density at radius 3 is 2.75 bits per heavy atom. The van der Waals surface area contributed by atoms with Crippen LogP contribution in [0, 0.1) is 0 Å². The van der Waals surface area contributed by atoms with Crippen LogP contribution in [0.5, 0.6) is 0 Å². The van der Waals surface area contributed by atoms with E-state index in [2.05, 4.69) is 59.1 Å². The number of hydrogen-bond donors (Lipinski definition) is 1. The number of H-pyrrole nitrogens is 1. The highest BCUT2D eigenvalue weighted by Crippen LogP contribution is 2.21. The fraction of sp³-hybridized carbons (Fsp3) is 0.273. The van der Waals surface area contributed by atoms with E-state index in [1.165, 1.54) is 6.33 Å². The van der Waals surface area contributed by atoms with E-state index in [1.54, 1.807) is 16.8 Å².